The SMILES string of the molecule is CCc1cc(C(=O)O)cc(N2CCCC(COC)C2)n1. The molecule has 110 valence electrons. The van der Waals surface area contributed by atoms with E-state index in [0.29, 0.717) is 11.5 Å². The van der Waals surface area contributed by atoms with Gasteiger partial charge in [0, 0.05) is 25.9 Å². The fourth-order valence-electron chi connectivity index (χ4n) is 2.68. The first-order chi connectivity index (χ1) is 9.63. The Morgan fingerprint density at radius 2 is 2.35 bits per heavy atom. The Hall–Kier alpha value is -1.62. The Labute approximate surface area is 119 Å². The molecule has 1 N–H and O–H groups in total. The van der Waals surface area contributed by atoms with E-state index in [4.69, 9.17) is 4.74 Å². The number of pyridine rings is 1. The summed E-state index contributed by atoms with van der Waals surface area (Å²) in [5, 5.41) is 9.20. The predicted octanol–water partition coefficient (Wildman–Crippen LogP) is 2.21. The van der Waals surface area contributed by atoms with Gasteiger partial charge in [-0.25, -0.2) is 9.78 Å². The highest BCUT2D eigenvalue weighted by Gasteiger charge is 2.22. The number of nitrogens with zero attached hydrogens (tertiary/aromatic N) is 2. The van der Waals surface area contributed by atoms with Crippen LogP contribution in [0.5, 0.6) is 0 Å². The Bertz CT molecular complexity index is 474. The van der Waals surface area contributed by atoms with Crippen molar-refractivity contribution in [3.63, 3.8) is 0 Å². The minimum atomic E-state index is -0.895. The molecule has 0 radical (unpaired) electrons. The molecule has 0 aliphatic carbocycles. The minimum absolute atomic E-state index is 0.320. The van der Waals surface area contributed by atoms with Crippen LogP contribution in [-0.4, -0.2) is 42.9 Å². The lowest BCUT2D eigenvalue weighted by molar-refractivity contribution is 0.0696. The molecule has 1 unspecified atom stereocenters. The van der Waals surface area contributed by atoms with E-state index in [1.165, 1.54) is 0 Å². The van der Waals surface area contributed by atoms with Gasteiger partial charge in [-0.1, -0.05) is 6.92 Å². The molecule has 1 aromatic heterocycles. The van der Waals surface area contributed by atoms with Crippen LogP contribution in [0.4, 0.5) is 5.82 Å². The van der Waals surface area contributed by atoms with E-state index >= 15 is 0 Å². The van der Waals surface area contributed by atoms with Crippen molar-refractivity contribution >= 4 is 11.8 Å². The highest BCUT2D eigenvalue weighted by molar-refractivity contribution is 5.88. The summed E-state index contributed by atoms with van der Waals surface area (Å²) in [5.74, 6) is 0.380. The molecule has 0 amide bonds. The van der Waals surface area contributed by atoms with Gasteiger partial charge in [0.25, 0.3) is 0 Å². The maximum absolute atomic E-state index is 11.2. The number of carbonyl (C=O) groups is 1. The van der Waals surface area contributed by atoms with Gasteiger partial charge < -0.3 is 14.7 Å². The smallest absolute Gasteiger partial charge is 0.335 e. The molecule has 1 aliphatic rings. The summed E-state index contributed by atoms with van der Waals surface area (Å²) in [5.41, 5.74) is 1.15. The molecule has 0 saturated carbocycles. The van der Waals surface area contributed by atoms with Crippen LogP contribution in [0.3, 0.4) is 0 Å². The Morgan fingerprint density at radius 1 is 1.55 bits per heavy atom. The summed E-state index contributed by atoms with van der Waals surface area (Å²) >= 11 is 0. The number of methoxy groups -OCH3 is 1. The van der Waals surface area contributed by atoms with Gasteiger partial charge in [0.1, 0.15) is 5.82 Å². The molecule has 0 spiro atoms. The summed E-state index contributed by atoms with van der Waals surface area (Å²) in [4.78, 5) is 18.0. The zero-order valence-corrected chi connectivity index (χ0v) is 12.1. The first-order valence-electron chi connectivity index (χ1n) is 7.12. The minimum Gasteiger partial charge on any atom is -0.478 e. The van der Waals surface area contributed by atoms with Crippen molar-refractivity contribution in [2.45, 2.75) is 26.2 Å². The third-order valence-corrected chi connectivity index (χ3v) is 3.72. The first-order valence-corrected chi connectivity index (χ1v) is 7.12. The maximum Gasteiger partial charge on any atom is 0.335 e. The summed E-state index contributed by atoms with van der Waals surface area (Å²) in [6.45, 7) is 4.55. The molecule has 2 rings (SSSR count). The number of ether oxygens (including phenoxy) is 1. The summed E-state index contributed by atoms with van der Waals surface area (Å²) < 4.78 is 5.23. The maximum atomic E-state index is 11.2. The zero-order chi connectivity index (χ0) is 14.5. The second-order valence-corrected chi connectivity index (χ2v) is 5.27. The number of aryl methyl sites for hydroxylation is 1. The standard InChI is InChI=1S/C15H22N2O3/c1-3-13-7-12(15(18)19)8-14(16-13)17-6-4-5-11(9-17)10-20-2/h7-8,11H,3-6,9-10H2,1-2H3,(H,18,19). The van der Waals surface area contributed by atoms with Gasteiger partial charge in [0.05, 0.1) is 12.2 Å². The van der Waals surface area contributed by atoms with Crippen LogP contribution in [-0.2, 0) is 11.2 Å². The lowest BCUT2D eigenvalue weighted by Gasteiger charge is -2.33. The number of aromatic nitrogens is 1. The molecule has 0 bridgehead atoms. The van der Waals surface area contributed by atoms with Crippen LogP contribution in [0.1, 0.15) is 35.8 Å². The quantitative estimate of drug-likeness (QED) is 0.894. The highest BCUT2D eigenvalue weighted by Crippen LogP contribution is 2.23. The van der Waals surface area contributed by atoms with Gasteiger partial charge >= 0.3 is 5.97 Å². The van der Waals surface area contributed by atoms with Crippen LogP contribution in [0.2, 0.25) is 0 Å². The zero-order valence-electron chi connectivity index (χ0n) is 12.1. The summed E-state index contributed by atoms with van der Waals surface area (Å²) in [6.07, 6.45) is 2.99. The number of rotatable bonds is 5. The number of hydrogen-bond donors (Lipinski definition) is 1. The lowest BCUT2D eigenvalue weighted by atomic mass is 9.99. The average Bonchev–Trinajstić information content (AvgIpc) is 2.47. The van der Waals surface area contributed by atoms with Crippen molar-refractivity contribution in [2.24, 2.45) is 5.92 Å². The molecule has 5 heteroatoms. The fraction of sp³-hybridized carbons (Fsp3) is 0.600. The monoisotopic (exact) mass is 278 g/mol. The topological polar surface area (TPSA) is 62.7 Å². The second-order valence-electron chi connectivity index (χ2n) is 5.27. The summed E-state index contributed by atoms with van der Waals surface area (Å²) in [6, 6.07) is 3.33. The van der Waals surface area contributed by atoms with Crippen LogP contribution in [0, 0.1) is 5.92 Å². The first kappa shape index (κ1) is 14.8. The Kier molecular flexibility index (Phi) is 4.95. The van der Waals surface area contributed by atoms with Gasteiger partial charge in [0.2, 0.25) is 0 Å². The number of carboxylic acids is 1. The summed E-state index contributed by atoms with van der Waals surface area (Å²) in [7, 11) is 1.72. The van der Waals surface area contributed by atoms with Gasteiger partial charge in [0.15, 0.2) is 0 Å². The molecular formula is C15H22N2O3. The number of carboxylic acid groups (broad SMARTS) is 1. The van der Waals surface area contributed by atoms with Gasteiger partial charge in [-0.2, -0.15) is 0 Å². The van der Waals surface area contributed by atoms with Crippen molar-refractivity contribution in [2.75, 3.05) is 31.7 Å². The van der Waals surface area contributed by atoms with E-state index in [0.717, 1.165) is 50.5 Å². The van der Waals surface area contributed by atoms with Crippen molar-refractivity contribution < 1.29 is 14.6 Å². The average molecular weight is 278 g/mol. The van der Waals surface area contributed by atoms with Crippen LogP contribution >= 0.6 is 0 Å². The van der Waals surface area contributed by atoms with Crippen LogP contribution < -0.4 is 4.90 Å². The Balaban J connectivity index is 2.22. The largest absolute Gasteiger partial charge is 0.478 e. The van der Waals surface area contributed by atoms with Crippen molar-refractivity contribution in [1.82, 2.24) is 4.98 Å². The third-order valence-electron chi connectivity index (χ3n) is 3.72. The van der Waals surface area contributed by atoms with E-state index in [-0.39, 0.29) is 0 Å². The number of hydrogen-bond acceptors (Lipinski definition) is 4. The van der Waals surface area contributed by atoms with Gasteiger partial charge in [-0.05, 0) is 37.3 Å². The number of piperidine rings is 1. The van der Waals surface area contributed by atoms with Crippen LogP contribution in [0.25, 0.3) is 0 Å². The molecular weight excluding hydrogens is 256 g/mol. The molecule has 1 saturated heterocycles. The van der Waals surface area contributed by atoms with Gasteiger partial charge in [-0.15, -0.1) is 0 Å². The number of aromatic carboxylic acids is 1. The third kappa shape index (κ3) is 3.48. The molecule has 2 heterocycles. The second kappa shape index (κ2) is 6.70. The molecule has 1 aromatic rings. The Morgan fingerprint density at radius 3 is 3.00 bits per heavy atom. The normalized spacial score (nSPS) is 19.1. The predicted molar refractivity (Wildman–Crippen MR) is 77.4 cm³/mol. The molecule has 20 heavy (non-hydrogen) atoms. The van der Waals surface area contributed by atoms with Crippen molar-refractivity contribution in [1.29, 1.82) is 0 Å². The van der Waals surface area contributed by atoms with E-state index in [1.54, 1.807) is 19.2 Å². The van der Waals surface area contributed by atoms with E-state index in [2.05, 4.69) is 9.88 Å². The van der Waals surface area contributed by atoms with Crippen molar-refractivity contribution in [3.05, 3.63) is 23.4 Å². The molecule has 1 fully saturated rings. The van der Waals surface area contributed by atoms with E-state index in [9.17, 15) is 9.90 Å². The lowest BCUT2D eigenvalue weighted by Crippen LogP contribution is -2.37. The van der Waals surface area contributed by atoms with Gasteiger partial charge in [-0.3, -0.25) is 0 Å². The fourth-order valence-corrected chi connectivity index (χ4v) is 2.68. The molecule has 1 aliphatic heterocycles. The highest BCUT2D eigenvalue weighted by atomic mass is 16.5. The van der Waals surface area contributed by atoms with E-state index < -0.39 is 5.97 Å². The number of anilines is 1. The molecule has 5 nitrogen and oxygen atoms in total. The van der Waals surface area contributed by atoms with Crippen LogP contribution in [0.15, 0.2) is 12.1 Å². The molecule has 0 aromatic carbocycles. The molecule has 1 atom stereocenters. The van der Waals surface area contributed by atoms with Crippen molar-refractivity contribution in [3.8, 4) is 0 Å². The van der Waals surface area contributed by atoms with E-state index in [1.807, 2.05) is 6.92 Å².